The van der Waals surface area contributed by atoms with Crippen LogP contribution in [0.5, 0.6) is 11.5 Å². The minimum absolute atomic E-state index is 0.103. The van der Waals surface area contributed by atoms with E-state index in [4.69, 9.17) is 24.4 Å². The number of nitrogens with one attached hydrogen (secondary N) is 1. The first kappa shape index (κ1) is 27.5. The van der Waals surface area contributed by atoms with Crippen LogP contribution in [-0.2, 0) is 20.7 Å². The minimum atomic E-state index is -1.03. The van der Waals surface area contributed by atoms with Crippen molar-refractivity contribution in [2.45, 2.75) is 82.2 Å². The maximum atomic E-state index is 13.9. The molecule has 3 aliphatic rings. The second-order valence-electron chi connectivity index (χ2n) is 12.2. The van der Waals surface area contributed by atoms with E-state index in [1.807, 2.05) is 33.0 Å². The molecule has 6 rings (SSSR count). The Morgan fingerprint density at radius 3 is 2.78 bits per heavy atom. The molecule has 2 aromatic heterocycles. The monoisotopic (exact) mass is 563 g/mol. The number of pyridine rings is 1. The SMILES string of the molecule is CNCC1CCC2(OC2CCc2ccnc(N)c2)C(=O)OC2C(C1)c1c(cc3oc(C)cc(=O)c3c1O)OC2(C)C. The maximum absolute atomic E-state index is 13.9. The van der Waals surface area contributed by atoms with Crippen LogP contribution in [0.25, 0.3) is 11.0 Å². The number of rotatable bonds is 5. The number of epoxide rings is 1. The largest absolute Gasteiger partial charge is 0.507 e. The Morgan fingerprint density at radius 1 is 1.22 bits per heavy atom. The Balaban J connectivity index is 1.36. The van der Waals surface area contributed by atoms with E-state index in [-0.39, 0.29) is 34.2 Å². The van der Waals surface area contributed by atoms with Gasteiger partial charge in [0.05, 0.1) is 6.10 Å². The molecule has 0 saturated carbocycles. The van der Waals surface area contributed by atoms with E-state index < -0.39 is 29.2 Å². The highest BCUT2D eigenvalue weighted by Crippen LogP contribution is 2.54. The second-order valence-corrected chi connectivity index (χ2v) is 12.2. The van der Waals surface area contributed by atoms with Crippen LogP contribution in [0, 0.1) is 12.8 Å². The molecule has 218 valence electrons. The average molecular weight is 564 g/mol. The van der Waals surface area contributed by atoms with Crippen molar-refractivity contribution in [2.24, 2.45) is 5.92 Å². The number of ether oxygens (including phenoxy) is 3. The number of phenols is 1. The minimum Gasteiger partial charge on any atom is -0.507 e. The fraction of sp³-hybridized carbons (Fsp3) is 0.516. The highest BCUT2D eigenvalue weighted by Gasteiger charge is 2.65. The van der Waals surface area contributed by atoms with Crippen LogP contribution in [-0.4, -0.2) is 53.1 Å². The third-order valence-electron chi connectivity index (χ3n) is 8.85. The van der Waals surface area contributed by atoms with Crippen molar-refractivity contribution in [2.75, 3.05) is 19.3 Å². The van der Waals surface area contributed by atoms with E-state index >= 15 is 0 Å². The van der Waals surface area contributed by atoms with Crippen molar-refractivity contribution in [1.82, 2.24) is 10.3 Å². The van der Waals surface area contributed by atoms with Gasteiger partial charge in [-0.1, -0.05) is 0 Å². The summed E-state index contributed by atoms with van der Waals surface area (Å²) in [6, 6.07) is 6.78. The van der Waals surface area contributed by atoms with Crippen LogP contribution in [0.4, 0.5) is 5.82 Å². The van der Waals surface area contributed by atoms with Gasteiger partial charge in [0.15, 0.2) is 11.0 Å². The quantitative estimate of drug-likeness (QED) is 0.309. The lowest BCUT2D eigenvalue weighted by Crippen LogP contribution is -2.52. The van der Waals surface area contributed by atoms with Gasteiger partial charge in [-0.05, 0) is 90.1 Å². The lowest BCUT2D eigenvalue weighted by molar-refractivity contribution is -0.170. The third kappa shape index (κ3) is 4.82. The molecule has 10 heteroatoms. The molecule has 3 aromatic rings. The summed E-state index contributed by atoms with van der Waals surface area (Å²) in [6.07, 6.45) is 3.90. The van der Waals surface area contributed by atoms with Gasteiger partial charge in [-0.3, -0.25) is 4.79 Å². The standard InChI is InChI=1S/C31H37N3O7/c1-16-11-20(35)26-21(38-16)14-22-25(27(26)36)19-12-18(15-33-4)7-9-31(29(37)39-28(19)30(2,3)40-22)23(41-31)6-5-17-8-10-34-24(32)13-17/h8,10-11,13-14,18-19,23,28,33,36H,5-7,9,12,15H2,1-4H3,(H2,32,34). The number of aromatic nitrogens is 1. The number of benzene rings is 1. The number of aryl methyl sites for hydroxylation is 2. The van der Waals surface area contributed by atoms with E-state index in [9.17, 15) is 14.7 Å². The maximum Gasteiger partial charge on any atom is 0.341 e. The van der Waals surface area contributed by atoms with Gasteiger partial charge < -0.3 is 34.8 Å². The Morgan fingerprint density at radius 2 is 2.02 bits per heavy atom. The zero-order chi connectivity index (χ0) is 29.1. The number of fused-ring (bicyclic) bond motifs is 4. The van der Waals surface area contributed by atoms with Crippen LogP contribution in [0.1, 0.15) is 62.3 Å². The molecule has 1 spiro atoms. The number of esters is 1. The molecule has 0 radical (unpaired) electrons. The van der Waals surface area contributed by atoms with Crippen molar-refractivity contribution in [3.63, 3.8) is 0 Å². The third-order valence-corrected chi connectivity index (χ3v) is 8.85. The molecule has 5 heterocycles. The van der Waals surface area contributed by atoms with Gasteiger partial charge in [0.25, 0.3) is 0 Å². The van der Waals surface area contributed by atoms with Gasteiger partial charge in [0.1, 0.15) is 45.8 Å². The summed E-state index contributed by atoms with van der Waals surface area (Å²) < 4.78 is 24.7. The predicted molar refractivity (Wildman–Crippen MR) is 152 cm³/mol. The Labute approximate surface area is 238 Å². The summed E-state index contributed by atoms with van der Waals surface area (Å²) in [5.74, 6) is 0.482. The summed E-state index contributed by atoms with van der Waals surface area (Å²) in [4.78, 5) is 30.9. The van der Waals surface area contributed by atoms with Gasteiger partial charge >= 0.3 is 5.97 Å². The number of phenolic OH excluding ortho intramolecular Hbond substituents is 1. The van der Waals surface area contributed by atoms with E-state index in [2.05, 4.69) is 10.3 Å². The molecular formula is C31H37N3O7. The van der Waals surface area contributed by atoms with Crippen molar-refractivity contribution in [3.05, 3.63) is 57.6 Å². The van der Waals surface area contributed by atoms with Gasteiger partial charge in [-0.25, -0.2) is 9.78 Å². The molecule has 0 aliphatic carbocycles. The van der Waals surface area contributed by atoms with Gasteiger partial charge in [0, 0.05) is 29.8 Å². The fourth-order valence-electron chi connectivity index (χ4n) is 6.85. The molecule has 2 saturated heterocycles. The highest BCUT2D eigenvalue weighted by molar-refractivity contribution is 5.88. The number of nitrogens with zero attached hydrogens (tertiary/aromatic N) is 1. The summed E-state index contributed by atoms with van der Waals surface area (Å²) in [6.45, 7) is 6.16. The summed E-state index contributed by atoms with van der Waals surface area (Å²) in [5, 5.41) is 14.9. The van der Waals surface area contributed by atoms with Gasteiger partial charge in [-0.15, -0.1) is 0 Å². The number of hydrogen-bond acceptors (Lipinski definition) is 10. The lowest BCUT2D eigenvalue weighted by atomic mass is 9.75. The van der Waals surface area contributed by atoms with Gasteiger partial charge in [0.2, 0.25) is 0 Å². The molecule has 0 bridgehead atoms. The molecule has 3 aliphatic heterocycles. The smallest absolute Gasteiger partial charge is 0.341 e. The highest BCUT2D eigenvalue weighted by atomic mass is 16.7. The predicted octanol–water partition coefficient (Wildman–Crippen LogP) is 3.74. The van der Waals surface area contributed by atoms with Gasteiger partial charge in [-0.2, -0.15) is 0 Å². The van der Waals surface area contributed by atoms with E-state index in [1.165, 1.54) is 6.07 Å². The number of aromatic hydroxyl groups is 1. The molecule has 5 atom stereocenters. The molecule has 1 aromatic carbocycles. The number of carbonyl (C=O) groups is 1. The Hall–Kier alpha value is -3.63. The zero-order valence-corrected chi connectivity index (χ0v) is 23.9. The summed E-state index contributed by atoms with van der Waals surface area (Å²) in [5.41, 5.74) is 5.33. The topological polar surface area (TPSA) is 149 Å². The normalized spacial score (nSPS) is 28.5. The lowest BCUT2D eigenvalue weighted by Gasteiger charge is -2.45. The number of nitrogen functional groups attached to an aromatic ring is 1. The second kappa shape index (κ2) is 10.0. The number of anilines is 1. The number of nitrogens with two attached hydrogens (primary N) is 1. The average Bonchev–Trinajstić information content (AvgIpc) is 3.60. The van der Waals surface area contributed by atoms with Crippen molar-refractivity contribution < 1.29 is 28.5 Å². The summed E-state index contributed by atoms with van der Waals surface area (Å²) in [7, 11) is 1.90. The van der Waals surface area contributed by atoms with Crippen LogP contribution in [0.3, 0.4) is 0 Å². The molecule has 2 fully saturated rings. The molecule has 10 nitrogen and oxygen atoms in total. The first-order chi connectivity index (χ1) is 19.5. The molecular weight excluding hydrogens is 526 g/mol. The molecule has 41 heavy (non-hydrogen) atoms. The van der Waals surface area contributed by atoms with Crippen molar-refractivity contribution in [3.8, 4) is 11.5 Å². The molecule has 5 unspecified atom stereocenters. The Bertz CT molecular complexity index is 1570. The van der Waals surface area contributed by atoms with Crippen molar-refractivity contribution in [1.29, 1.82) is 0 Å². The summed E-state index contributed by atoms with van der Waals surface area (Å²) >= 11 is 0. The first-order valence-electron chi connectivity index (χ1n) is 14.3. The van der Waals surface area contributed by atoms with Crippen LogP contribution < -0.4 is 21.2 Å². The van der Waals surface area contributed by atoms with E-state index in [0.29, 0.717) is 55.1 Å². The number of carbonyl (C=O) groups excluding carboxylic acids is 1. The number of hydrogen-bond donors (Lipinski definition) is 3. The Kier molecular flexibility index (Phi) is 6.73. The van der Waals surface area contributed by atoms with Crippen LogP contribution >= 0.6 is 0 Å². The molecule has 4 N–H and O–H groups in total. The molecule has 0 amide bonds. The van der Waals surface area contributed by atoms with Crippen LogP contribution in [0.2, 0.25) is 0 Å². The fourth-order valence-corrected chi connectivity index (χ4v) is 6.85. The van der Waals surface area contributed by atoms with Crippen LogP contribution in [0.15, 0.2) is 39.7 Å². The van der Waals surface area contributed by atoms with E-state index in [1.54, 1.807) is 19.2 Å². The first-order valence-corrected chi connectivity index (χ1v) is 14.3. The van der Waals surface area contributed by atoms with E-state index in [0.717, 1.165) is 12.0 Å². The van der Waals surface area contributed by atoms with Crippen molar-refractivity contribution >= 4 is 22.8 Å². The zero-order valence-electron chi connectivity index (χ0n) is 23.9.